The third-order valence-electron chi connectivity index (χ3n) is 5.55. The molecule has 1 unspecified atom stereocenters. The number of hydrogen-bond donors (Lipinski definition) is 1. The second-order valence-electron chi connectivity index (χ2n) is 8.82. The van der Waals surface area contributed by atoms with E-state index < -0.39 is 0 Å². The highest BCUT2D eigenvalue weighted by Gasteiger charge is 2.36. The zero-order valence-electron chi connectivity index (χ0n) is 17.1. The number of hydrogen-bond acceptors (Lipinski definition) is 2. The standard InChI is InChI=1S/C23H28N4O/c1-16-5-7-18(8-6-16)27-21-13-23(2,3)12-20(19(21)14-24-27)25-22(28)11-17-9-10-26(4)15-17/h5-10,14-15,20H,11-13H2,1-4H3,(H,25,28). The third-order valence-corrected chi connectivity index (χ3v) is 5.55. The molecule has 5 nitrogen and oxygen atoms in total. The van der Waals surface area contributed by atoms with Gasteiger partial charge in [-0.2, -0.15) is 5.10 Å². The SMILES string of the molecule is Cc1ccc(-n2ncc3c2CC(C)(C)CC3NC(=O)Cc2ccn(C)c2)cc1. The van der Waals surface area contributed by atoms with Crippen LogP contribution >= 0.6 is 0 Å². The van der Waals surface area contributed by atoms with Gasteiger partial charge in [0, 0.05) is 25.0 Å². The van der Waals surface area contributed by atoms with E-state index in [4.69, 9.17) is 0 Å². The van der Waals surface area contributed by atoms with Gasteiger partial charge in [-0.1, -0.05) is 31.5 Å². The van der Waals surface area contributed by atoms with Crippen molar-refractivity contribution < 1.29 is 4.79 Å². The van der Waals surface area contributed by atoms with E-state index in [1.165, 1.54) is 11.3 Å². The van der Waals surface area contributed by atoms with Gasteiger partial charge in [-0.3, -0.25) is 4.79 Å². The van der Waals surface area contributed by atoms with Gasteiger partial charge >= 0.3 is 0 Å². The summed E-state index contributed by atoms with van der Waals surface area (Å²) < 4.78 is 4.00. The number of aryl methyl sites for hydroxylation is 2. The first-order valence-electron chi connectivity index (χ1n) is 9.85. The normalized spacial score (nSPS) is 17.9. The molecular formula is C23H28N4O. The number of benzene rings is 1. The van der Waals surface area contributed by atoms with Crippen molar-refractivity contribution in [2.45, 2.75) is 46.1 Å². The van der Waals surface area contributed by atoms with E-state index in [0.29, 0.717) is 6.42 Å². The molecule has 1 amide bonds. The van der Waals surface area contributed by atoms with Crippen LogP contribution in [0.4, 0.5) is 0 Å². The zero-order chi connectivity index (χ0) is 19.9. The van der Waals surface area contributed by atoms with Crippen molar-refractivity contribution in [3.8, 4) is 5.69 Å². The lowest BCUT2D eigenvalue weighted by molar-refractivity contribution is -0.121. The molecule has 2 aromatic heterocycles. The van der Waals surface area contributed by atoms with E-state index in [1.54, 1.807) is 0 Å². The fraction of sp³-hybridized carbons (Fsp3) is 0.391. The highest BCUT2D eigenvalue weighted by molar-refractivity contribution is 5.79. The quantitative estimate of drug-likeness (QED) is 0.751. The van der Waals surface area contributed by atoms with E-state index in [9.17, 15) is 4.79 Å². The molecule has 0 bridgehead atoms. The molecule has 0 fully saturated rings. The van der Waals surface area contributed by atoms with Gasteiger partial charge in [-0.25, -0.2) is 4.68 Å². The van der Waals surface area contributed by atoms with Crippen molar-refractivity contribution in [3.05, 3.63) is 71.3 Å². The molecule has 2 heterocycles. The number of amides is 1. The maximum Gasteiger partial charge on any atom is 0.224 e. The molecule has 1 aromatic carbocycles. The summed E-state index contributed by atoms with van der Waals surface area (Å²) in [5, 5.41) is 7.93. The van der Waals surface area contributed by atoms with Gasteiger partial charge in [0.15, 0.2) is 0 Å². The lowest BCUT2D eigenvalue weighted by atomic mass is 9.74. The van der Waals surface area contributed by atoms with Crippen molar-refractivity contribution >= 4 is 5.91 Å². The van der Waals surface area contributed by atoms with Crippen LogP contribution in [0.1, 0.15) is 48.7 Å². The second kappa shape index (κ2) is 6.97. The summed E-state index contributed by atoms with van der Waals surface area (Å²) in [7, 11) is 1.97. The predicted octanol–water partition coefficient (Wildman–Crippen LogP) is 3.89. The average Bonchev–Trinajstić information content (AvgIpc) is 3.21. The molecule has 3 aromatic rings. The molecule has 1 aliphatic carbocycles. The van der Waals surface area contributed by atoms with Crippen molar-refractivity contribution in [2.75, 3.05) is 0 Å². The maximum atomic E-state index is 12.7. The fourth-order valence-electron chi connectivity index (χ4n) is 4.18. The molecule has 0 aliphatic heterocycles. The van der Waals surface area contributed by atoms with Crippen LogP contribution in [0, 0.1) is 12.3 Å². The molecule has 4 rings (SSSR count). The number of aromatic nitrogens is 3. The molecule has 1 N–H and O–H groups in total. The van der Waals surface area contributed by atoms with Crippen LogP contribution in [0.2, 0.25) is 0 Å². The molecule has 5 heteroatoms. The van der Waals surface area contributed by atoms with Gasteiger partial charge in [0.25, 0.3) is 0 Å². The van der Waals surface area contributed by atoms with Crippen LogP contribution in [0.3, 0.4) is 0 Å². The van der Waals surface area contributed by atoms with Crippen molar-refractivity contribution in [1.82, 2.24) is 19.7 Å². The zero-order valence-corrected chi connectivity index (χ0v) is 17.1. The van der Waals surface area contributed by atoms with Crippen LogP contribution in [0.25, 0.3) is 5.69 Å². The minimum atomic E-state index is -0.00541. The molecular weight excluding hydrogens is 348 g/mol. The van der Waals surface area contributed by atoms with Crippen LogP contribution in [0.15, 0.2) is 48.9 Å². The number of nitrogens with one attached hydrogen (secondary N) is 1. The van der Waals surface area contributed by atoms with E-state index in [-0.39, 0.29) is 17.4 Å². The van der Waals surface area contributed by atoms with Crippen LogP contribution < -0.4 is 5.32 Å². The topological polar surface area (TPSA) is 51.9 Å². The Bertz CT molecular complexity index is 994. The van der Waals surface area contributed by atoms with Gasteiger partial charge in [0.2, 0.25) is 5.91 Å². The minimum absolute atomic E-state index is 0.00541. The summed E-state index contributed by atoms with van der Waals surface area (Å²) in [4.78, 5) is 12.7. The third kappa shape index (κ3) is 3.75. The molecule has 0 saturated heterocycles. The molecule has 0 saturated carbocycles. The Kier molecular flexibility index (Phi) is 4.61. The number of nitrogens with zero attached hydrogens (tertiary/aromatic N) is 3. The maximum absolute atomic E-state index is 12.7. The second-order valence-corrected chi connectivity index (χ2v) is 8.82. The monoisotopic (exact) mass is 376 g/mol. The molecule has 28 heavy (non-hydrogen) atoms. The van der Waals surface area contributed by atoms with Gasteiger partial charge in [0.05, 0.1) is 30.0 Å². The van der Waals surface area contributed by atoms with Crippen molar-refractivity contribution in [2.24, 2.45) is 12.5 Å². The first-order chi connectivity index (χ1) is 13.3. The van der Waals surface area contributed by atoms with Gasteiger partial charge in [-0.15, -0.1) is 0 Å². The largest absolute Gasteiger partial charge is 0.357 e. The Hall–Kier alpha value is -2.82. The van der Waals surface area contributed by atoms with E-state index in [0.717, 1.165) is 29.7 Å². The van der Waals surface area contributed by atoms with Crippen molar-refractivity contribution in [3.63, 3.8) is 0 Å². The average molecular weight is 377 g/mol. The number of carbonyl (C=O) groups excluding carboxylic acids is 1. The van der Waals surface area contributed by atoms with Crippen LogP contribution in [-0.4, -0.2) is 20.3 Å². The summed E-state index contributed by atoms with van der Waals surface area (Å²) in [6, 6.07) is 10.4. The van der Waals surface area contributed by atoms with Gasteiger partial charge in [-0.05, 0) is 48.9 Å². The Morgan fingerprint density at radius 2 is 2.00 bits per heavy atom. The fourth-order valence-corrected chi connectivity index (χ4v) is 4.18. The van der Waals surface area contributed by atoms with E-state index >= 15 is 0 Å². The summed E-state index contributed by atoms with van der Waals surface area (Å²) in [5.74, 6) is 0.0583. The molecule has 0 radical (unpaired) electrons. The first kappa shape index (κ1) is 18.5. The van der Waals surface area contributed by atoms with Crippen LogP contribution in [0.5, 0.6) is 0 Å². The predicted molar refractivity (Wildman–Crippen MR) is 110 cm³/mol. The molecule has 146 valence electrons. The summed E-state index contributed by atoms with van der Waals surface area (Å²) in [6.45, 7) is 6.61. The highest BCUT2D eigenvalue weighted by Crippen LogP contribution is 2.41. The van der Waals surface area contributed by atoms with E-state index in [2.05, 4.69) is 55.5 Å². The Balaban J connectivity index is 1.60. The van der Waals surface area contributed by atoms with E-state index in [1.807, 2.05) is 41.0 Å². The Labute approximate surface area is 166 Å². The molecule has 0 spiro atoms. The minimum Gasteiger partial charge on any atom is -0.357 e. The summed E-state index contributed by atoms with van der Waals surface area (Å²) in [5.41, 5.74) is 5.77. The summed E-state index contributed by atoms with van der Waals surface area (Å²) in [6.07, 6.45) is 8.15. The molecule has 1 atom stereocenters. The number of carbonyl (C=O) groups is 1. The summed E-state index contributed by atoms with van der Waals surface area (Å²) >= 11 is 0. The highest BCUT2D eigenvalue weighted by atomic mass is 16.1. The Morgan fingerprint density at radius 3 is 2.68 bits per heavy atom. The first-order valence-corrected chi connectivity index (χ1v) is 9.85. The molecule has 1 aliphatic rings. The lowest BCUT2D eigenvalue weighted by Gasteiger charge is -2.36. The van der Waals surface area contributed by atoms with Crippen LogP contribution in [-0.2, 0) is 24.7 Å². The Morgan fingerprint density at radius 1 is 1.25 bits per heavy atom. The lowest BCUT2D eigenvalue weighted by Crippen LogP contribution is -2.37. The number of fused-ring (bicyclic) bond motifs is 1. The smallest absolute Gasteiger partial charge is 0.224 e. The van der Waals surface area contributed by atoms with Crippen molar-refractivity contribution in [1.29, 1.82) is 0 Å². The van der Waals surface area contributed by atoms with Gasteiger partial charge in [0.1, 0.15) is 0 Å². The number of rotatable bonds is 4. The van der Waals surface area contributed by atoms with Gasteiger partial charge < -0.3 is 9.88 Å².